The van der Waals surface area contributed by atoms with Crippen molar-refractivity contribution in [1.82, 2.24) is 9.78 Å². The van der Waals surface area contributed by atoms with E-state index >= 15 is 0 Å². The summed E-state index contributed by atoms with van der Waals surface area (Å²) < 4.78 is 25.4. The van der Waals surface area contributed by atoms with Gasteiger partial charge in [0.1, 0.15) is 12.4 Å². The summed E-state index contributed by atoms with van der Waals surface area (Å²) in [4.78, 5) is 0. The number of aromatic nitrogens is 2. The van der Waals surface area contributed by atoms with Crippen LogP contribution in [0.1, 0.15) is 6.42 Å². The minimum Gasteiger partial charge on any atom is -0.365 e. The van der Waals surface area contributed by atoms with Gasteiger partial charge in [0.2, 0.25) is 0 Å². The maximum absolute atomic E-state index is 12.1. The summed E-state index contributed by atoms with van der Waals surface area (Å²) in [5, 5.41) is 7.27. The lowest BCUT2D eigenvalue weighted by Gasteiger charge is -2.09. The van der Waals surface area contributed by atoms with Gasteiger partial charge in [-0.25, -0.2) is 8.78 Å². The molecule has 0 aliphatic carbocycles. The van der Waals surface area contributed by atoms with E-state index in [1.165, 1.54) is 4.68 Å². The first-order chi connectivity index (χ1) is 7.24. The third kappa shape index (κ3) is 3.09. The van der Waals surface area contributed by atoms with Crippen molar-refractivity contribution < 1.29 is 8.78 Å². The van der Waals surface area contributed by atoms with E-state index in [2.05, 4.69) is 10.4 Å². The van der Waals surface area contributed by atoms with Gasteiger partial charge in [-0.1, -0.05) is 0 Å². The molecule has 6 heteroatoms. The quantitative estimate of drug-likeness (QED) is 0.863. The SMILES string of the molecule is FC(F)Cn1ccc(N[C@H]2CCSC2)n1. The summed E-state index contributed by atoms with van der Waals surface area (Å²) in [5.41, 5.74) is 0. The van der Waals surface area contributed by atoms with Gasteiger partial charge in [-0.2, -0.15) is 16.9 Å². The van der Waals surface area contributed by atoms with Crippen LogP contribution in [-0.4, -0.2) is 33.8 Å². The summed E-state index contributed by atoms with van der Waals surface area (Å²) in [5.74, 6) is 2.93. The monoisotopic (exact) mass is 233 g/mol. The first-order valence-electron chi connectivity index (χ1n) is 4.90. The van der Waals surface area contributed by atoms with E-state index in [4.69, 9.17) is 0 Å². The van der Waals surface area contributed by atoms with Gasteiger partial charge in [0.05, 0.1) is 0 Å². The number of hydrogen-bond acceptors (Lipinski definition) is 3. The van der Waals surface area contributed by atoms with Crippen LogP contribution in [0.4, 0.5) is 14.6 Å². The zero-order chi connectivity index (χ0) is 10.7. The Morgan fingerprint density at radius 3 is 3.20 bits per heavy atom. The Morgan fingerprint density at radius 2 is 2.53 bits per heavy atom. The molecule has 1 N–H and O–H groups in total. The minimum absolute atomic E-state index is 0.332. The number of alkyl halides is 2. The van der Waals surface area contributed by atoms with Gasteiger partial charge in [-0.3, -0.25) is 4.68 Å². The fourth-order valence-corrected chi connectivity index (χ4v) is 2.69. The van der Waals surface area contributed by atoms with Gasteiger partial charge in [-0.05, 0) is 12.2 Å². The maximum atomic E-state index is 12.1. The zero-order valence-electron chi connectivity index (χ0n) is 8.20. The Labute approximate surface area is 91.2 Å². The summed E-state index contributed by atoms with van der Waals surface area (Å²) in [7, 11) is 0. The average molecular weight is 233 g/mol. The Balaban J connectivity index is 1.88. The maximum Gasteiger partial charge on any atom is 0.257 e. The number of nitrogens with zero attached hydrogens (tertiary/aromatic N) is 2. The van der Waals surface area contributed by atoms with E-state index in [1.54, 1.807) is 12.3 Å². The number of thioether (sulfide) groups is 1. The molecule has 0 saturated carbocycles. The van der Waals surface area contributed by atoms with Crippen molar-refractivity contribution in [3.8, 4) is 0 Å². The molecule has 0 spiro atoms. The highest BCUT2D eigenvalue weighted by molar-refractivity contribution is 7.99. The molecule has 0 aromatic carbocycles. The van der Waals surface area contributed by atoms with Gasteiger partial charge in [0.15, 0.2) is 0 Å². The third-order valence-corrected chi connectivity index (χ3v) is 3.41. The van der Waals surface area contributed by atoms with Crippen molar-refractivity contribution in [2.75, 3.05) is 16.8 Å². The highest BCUT2D eigenvalue weighted by Gasteiger charge is 2.16. The van der Waals surface area contributed by atoms with Crippen molar-refractivity contribution in [3.63, 3.8) is 0 Å². The smallest absolute Gasteiger partial charge is 0.257 e. The number of nitrogens with one attached hydrogen (secondary N) is 1. The zero-order valence-corrected chi connectivity index (χ0v) is 9.01. The molecule has 84 valence electrons. The first-order valence-corrected chi connectivity index (χ1v) is 6.05. The molecule has 2 rings (SSSR count). The molecule has 1 aliphatic heterocycles. The molecule has 1 saturated heterocycles. The average Bonchev–Trinajstić information content (AvgIpc) is 2.77. The second-order valence-electron chi connectivity index (χ2n) is 3.52. The van der Waals surface area contributed by atoms with Crippen molar-refractivity contribution in [1.29, 1.82) is 0 Å². The molecule has 1 atom stereocenters. The highest BCUT2D eigenvalue weighted by atomic mass is 32.2. The molecule has 0 radical (unpaired) electrons. The standard InChI is InChI=1S/C9H13F2N3S/c10-8(11)5-14-3-1-9(13-14)12-7-2-4-15-6-7/h1,3,7-8H,2,4-6H2,(H,12,13)/t7-/m0/s1. The van der Waals surface area contributed by atoms with Crippen molar-refractivity contribution in [2.45, 2.75) is 25.4 Å². The van der Waals surface area contributed by atoms with E-state index < -0.39 is 6.43 Å². The Kier molecular flexibility index (Phi) is 3.45. The molecule has 3 nitrogen and oxygen atoms in total. The van der Waals surface area contributed by atoms with Crippen molar-refractivity contribution >= 4 is 17.6 Å². The van der Waals surface area contributed by atoms with Gasteiger partial charge >= 0.3 is 0 Å². The van der Waals surface area contributed by atoms with Crippen LogP contribution >= 0.6 is 11.8 Å². The van der Waals surface area contributed by atoms with Crippen LogP contribution in [0.25, 0.3) is 0 Å². The van der Waals surface area contributed by atoms with E-state index in [0.29, 0.717) is 11.9 Å². The molecule has 0 amide bonds. The number of rotatable bonds is 4. The third-order valence-electron chi connectivity index (χ3n) is 2.25. The van der Waals surface area contributed by atoms with Gasteiger partial charge in [0.25, 0.3) is 6.43 Å². The van der Waals surface area contributed by atoms with Crippen LogP contribution in [0, 0.1) is 0 Å². The van der Waals surface area contributed by atoms with Gasteiger partial charge in [0, 0.05) is 24.1 Å². The largest absolute Gasteiger partial charge is 0.365 e. The van der Waals surface area contributed by atoms with Crippen molar-refractivity contribution in [2.24, 2.45) is 0 Å². The van der Waals surface area contributed by atoms with Crippen LogP contribution in [0.15, 0.2) is 12.3 Å². The Morgan fingerprint density at radius 1 is 1.67 bits per heavy atom. The van der Waals surface area contributed by atoms with E-state index in [9.17, 15) is 8.78 Å². The molecule has 15 heavy (non-hydrogen) atoms. The Hall–Kier alpha value is -0.780. The fourth-order valence-electron chi connectivity index (χ4n) is 1.54. The topological polar surface area (TPSA) is 29.9 Å². The normalized spacial score (nSPS) is 21.1. The van der Waals surface area contributed by atoms with Crippen molar-refractivity contribution in [3.05, 3.63) is 12.3 Å². The van der Waals surface area contributed by atoms with Crippen LogP contribution in [-0.2, 0) is 6.54 Å². The van der Waals surface area contributed by atoms with Gasteiger partial charge < -0.3 is 5.32 Å². The molecule has 1 aromatic heterocycles. The predicted octanol–water partition coefficient (Wildman–Crippen LogP) is 2.07. The summed E-state index contributed by atoms with van der Waals surface area (Å²) in [6.45, 7) is -0.332. The van der Waals surface area contributed by atoms with Crippen LogP contribution in [0.5, 0.6) is 0 Å². The summed E-state index contributed by atoms with van der Waals surface area (Å²) >= 11 is 1.90. The van der Waals surface area contributed by atoms with Crippen LogP contribution < -0.4 is 5.32 Å². The highest BCUT2D eigenvalue weighted by Crippen LogP contribution is 2.20. The molecular weight excluding hydrogens is 220 g/mol. The lowest BCUT2D eigenvalue weighted by atomic mass is 10.3. The predicted molar refractivity (Wildman–Crippen MR) is 57.6 cm³/mol. The fraction of sp³-hybridized carbons (Fsp3) is 0.667. The Bertz CT molecular complexity index is 310. The second kappa shape index (κ2) is 4.83. The van der Waals surface area contributed by atoms with Crippen LogP contribution in [0.3, 0.4) is 0 Å². The molecule has 0 unspecified atom stereocenters. The molecule has 1 fully saturated rings. The lowest BCUT2D eigenvalue weighted by molar-refractivity contribution is 0.122. The molecular formula is C9H13F2N3S. The van der Waals surface area contributed by atoms with E-state index in [-0.39, 0.29) is 6.54 Å². The molecule has 1 aromatic rings. The summed E-state index contributed by atoms with van der Waals surface area (Å²) in [6.07, 6.45) is 0.350. The van der Waals surface area contributed by atoms with E-state index in [0.717, 1.165) is 17.9 Å². The van der Waals surface area contributed by atoms with E-state index in [1.807, 2.05) is 11.8 Å². The molecule has 2 heterocycles. The number of hydrogen-bond donors (Lipinski definition) is 1. The minimum atomic E-state index is -2.35. The summed E-state index contributed by atoms with van der Waals surface area (Å²) in [6, 6.07) is 2.18. The second-order valence-corrected chi connectivity index (χ2v) is 4.67. The first kappa shape index (κ1) is 10.7. The number of halogens is 2. The number of anilines is 1. The lowest BCUT2D eigenvalue weighted by Crippen LogP contribution is -2.18. The molecule has 1 aliphatic rings. The van der Waals surface area contributed by atoms with Gasteiger partial charge in [-0.15, -0.1) is 0 Å². The molecule has 0 bridgehead atoms. The van der Waals surface area contributed by atoms with Crippen LogP contribution in [0.2, 0.25) is 0 Å².